The van der Waals surface area contributed by atoms with E-state index >= 15 is 0 Å². The van der Waals surface area contributed by atoms with E-state index in [9.17, 15) is 0 Å². The molecule has 4 nitrogen and oxygen atoms in total. The first-order chi connectivity index (χ1) is 8.75. The van der Waals surface area contributed by atoms with Crippen molar-refractivity contribution in [1.82, 2.24) is 0 Å². The average molecular weight is 247 g/mol. The summed E-state index contributed by atoms with van der Waals surface area (Å²) in [5, 5.41) is 0. The molecular weight excluding hydrogens is 226 g/mol. The monoisotopic (exact) mass is 247 g/mol. The molecule has 2 atom stereocenters. The van der Waals surface area contributed by atoms with E-state index in [4.69, 9.17) is 16.2 Å². The molecule has 4 heteroatoms. The van der Waals surface area contributed by atoms with Gasteiger partial charge in [-0.05, 0) is 31.0 Å². The van der Waals surface area contributed by atoms with Crippen molar-refractivity contribution in [2.45, 2.75) is 37.8 Å². The van der Waals surface area contributed by atoms with Crippen LogP contribution in [0.2, 0.25) is 0 Å². The lowest BCUT2D eigenvalue weighted by Gasteiger charge is -2.45. The molecule has 2 unspecified atom stereocenters. The molecule has 18 heavy (non-hydrogen) atoms. The van der Waals surface area contributed by atoms with E-state index in [-0.39, 0.29) is 0 Å². The Balaban J connectivity index is 1.87. The van der Waals surface area contributed by atoms with E-state index in [1.165, 1.54) is 31.4 Å². The summed E-state index contributed by atoms with van der Waals surface area (Å²) in [5.41, 5.74) is 14.2. The molecular formula is C14H21N3O. The second-order valence-corrected chi connectivity index (χ2v) is 5.27. The predicted molar refractivity (Wildman–Crippen MR) is 74.6 cm³/mol. The fourth-order valence-electron chi connectivity index (χ4n) is 3.16. The second kappa shape index (κ2) is 4.69. The van der Waals surface area contributed by atoms with Crippen LogP contribution in [-0.4, -0.2) is 25.3 Å². The molecule has 0 spiro atoms. The molecule has 0 radical (unpaired) electrons. The minimum Gasteiger partial charge on any atom is -0.397 e. The quantitative estimate of drug-likeness (QED) is 0.745. The Bertz CT molecular complexity index is 433. The number of fused-ring (bicyclic) bond motifs is 1. The second-order valence-electron chi connectivity index (χ2n) is 5.27. The molecule has 98 valence electrons. The summed E-state index contributed by atoms with van der Waals surface area (Å²) < 4.78 is 5.89. The van der Waals surface area contributed by atoms with Crippen molar-refractivity contribution < 1.29 is 4.74 Å². The Morgan fingerprint density at radius 2 is 1.94 bits per heavy atom. The van der Waals surface area contributed by atoms with E-state index in [1.54, 1.807) is 0 Å². The van der Waals surface area contributed by atoms with Crippen LogP contribution in [0, 0.1) is 0 Å². The van der Waals surface area contributed by atoms with Gasteiger partial charge in [-0.3, -0.25) is 0 Å². The van der Waals surface area contributed by atoms with Crippen LogP contribution in [0.15, 0.2) is 18.2 Å². The summed E-state index contributed by atoms with van der Waals surface area (Å²) in [6, 6.07) is 6.47. The number of nitrogens with zero attached hydrogens (tertiary/aromatic N) is 1. The Morgan fingerprint density at radius 3 is 2.78 bits per heavy atom. The fraction of sp³-hybridized carbons (Fsp3) is 0.571. The van der Waals surface area contributed by atoms with E-state index < -0.39 is 0 Å². The molecule has 1 heterocycles. The normalized spacial score (nSPS) is 27.9. The first kappa shape index (κ1) is 11.7. The molecule has 0 aromatic heterocycles. The van der Waals surface area contributed by atoms with Gasteiger partial charge in [0.15, 0.2) is 0 Å². The van der Waals surface area contributed by atoms with Gasteiger partial charge in [0, 0.05) is 12.2 Å². The van der Waals surface area contributed by atoms with E-state index in [0.717, 1.165) is 13.2 Å². The maximum atomic E-state index is 5.91. The van der Waals surface area contributed by atoms with Gasteiger partial charge in [-0.2, -0.15) is 0 Å². The molecule has 0 amide bonds. The summed E-state index contributed by atoms with van der Waals surface area (Å²) in [5.74, 6) is 0. The zero-order valence-corrected chi connectivity index (χ0v) is 10.6. The lowest BCUT2D eigenvalue weighted by molar-refractivity contribution is -0.00867. The van der Waals surface area contributed by atoms with Crippen LogP contribution in [0.25, 0.3) is 0 Å². The Labute approximate surface area is 108 Å². The van der Waals surface area contributed by atoms with Gasteiger partial charge in [0.2, 0.25) is 0 Å². The van der Waals surface area contributed by atoms with E-state index in [1.807, 2.05) is 12.1 Å². The smallest absolute Gasteiger partial charge is 0.0779 e. The number of nitrogens with two attached hydrogens (primary N) is 2. The molecule has 2 aliphatic rings. The van der Waals surface area contributed by atoms with Gasteiger partial charge >= 0.3 is 0 Å². The van der Waals surface area contributed by atoms with Crippen molar-refractivity contribution in [2.24, 2.45) is 0 Å². The number of morpholine rings is 1. The first-order valence-corrected chi connectivity index (χ1v) is 6.79. The largest absolute Gasteiger partial charge is 0.397 e. The molecule has 1 aromatic rings. The third-order valence-electron chi connectivity index (χ3n) is 4.13. The molecule has 1 aromatic carbocycles. The number of ether oxygens (including phenoxy) is 1. The van der Waals surface area contributed by atoms with Gasteiger partial charge in [0.25, 0.3) is 0 Å². The fourth-order valence-corrected chi connectivity index (χ4v) is 3.16. The summed E-state index contributed by atoms with van der Waals surface area (Å²) in [6.07, 6.45) is 5.39. The molecule has 3 rings (SSSR count). The van der Waals surface area contributed by atoms with Gasteiger partial charge in [-0.25, -0.2) is 0 Å². The maximum absolute atomic E-state index is 5.91. The van der Waals surface area contributed by atoms with Crippen molar-refractivity contribution >= 4 is 17.1 Å². The zero-order chi connectivity index (χ0) is 12.5. The van der Waals surface area contributed by atoms with Crippen LogP contribution in [0.3, 0.4) is 0 Å². The highest BCUT2D eigenvalue weighted by atomic mass is 16.5. The van der Waals surface area contributed by atoms with Gasteiger partial charge in [-0.15, -0.1) is 0 Å². The van der Waals surface area contributed by atoms with Crippen molar-refractivity contribution in [3.8, 4) is 0 Å². The van der Waals surface area contributed by atoms with Crippen molar-refractivity contribution in [3.05, 3.63) is 18.2 Å². The number of hydrogen-bond donors (Lipinski definition) is 2. The van der Waals surface area contributed by atoms with E-state index in [2.05, 4.69) is 11.0 Å². The van der Waals surface area contributed by atoms with Gasteiger partial charge in [0.05, 0.1) is 30.1 Å². The third-order valence-corrected chi connectivity index (χ3v) is 4.13. The first-order valence-electron chi connectivity index (χ1n) is 6.79. The average Bonchev–Trinajstić information content (AvgIpc) is 2.41. The van der Waals surface area contributed by atoms with Crippen LogP contribution < -0.4 is 16.4 Å². The predicted octanol–water partition coefficient (Wildman–Crippen LogP) is 2.00. The lowest BCUT2D eigenvalue weighted by Crippen LogP contribution is -2.52. The zero-order valence-electron chi connectivity index (χ0n) is 10.6. The van der Waals surface area contributed by atoms with Crippen molar-refractivity contribution in [3.63, 3.8) is 0 Å². The number of hydrogen-bond acceptors (Lipinski definition) is 4. The number of rotatable bonds is 1. The SMILES string of the molecule is Nc1ccc(N2CCOC3CCCCC32)cc1N. The molecule has 1 aliphatic heterocycles. The Morgan fingerprint density at radius 1 is 1.11 bits per heavy atom. The lowest BCUT2D eigenvalue weighted by atomic mass is 9.89. The molecule has 1 aliphatic carbocycles. The summed E-state index contributed by atoms with van der Waals surface area (Å²) in [7, 11) is 0. The van der Waals surface area contributed by atoms with Gasteiger partial charge in [0.1, 0.15) is 0 Å². The van der Waals surface area contributed by atoms with Gasteiger partial charge < -0.3 is 21.1 Å². The standard InChI is InChI=1S/C14H21N3O/c15-11-6-5-10(9-12(11)16)17-7-8-18-14-4-2-1-3-13(14)17/h5-6,9,13-14H,1-4,7-8,15-16H2. The van der Waals surface area contributed by atoms with Crippen LogP contribution >= 0.6 is 0 Å². The van der Waals surface area contributed by atoms with Crippen LogP contribution in [0.5, 0.6) is 0 Å². The molecule has 1 saturated carbocycles. The molecule has 4 N–H and O–H groups in total. The van der Waals surface area contributed by atoms with Gasteiger partial charge in [-0.1, -0.05) is 12.8 Å². The molecule has 1 saturated heterocycles. The van der Waals surface area contributed by atoms with Crippen LogP contribution in [0.4, 0.5) is 17.1 Å². The van der Waals surface area contributed by atoms with E-state index in [0.29, 0.717) is 23.5 Å². The molecule has 0 bridgehead atoms. The van der Waals surface area contributed by atoms with Crippen LogP contribution in [0.1, 0.15) is 25.7 Å². The molecule has 2 fully saturated rings. The minimum absolute atomic E-state index is 0.395. The number of anilines is 3. The number of nitrogen functional groups attached to an aromatic ring is 2. The highest BCUT2D eigenvalue weighted by Gasteiger charge is 2.34. The Hall–Kier alpha value is -1.42. The number of benzene rings is 1. The van der Waals surface area contributed by atoms with Crippen molar-refractivity contribution in [2.75, 3.05) is 29.5 Å². The summed E-state index contributed by atoms with van der Waals surface area (Å²) in [6.45, 7) is 1.76. The highest BCUT2D eigenvalue weighted by Crippen LogP contribution is 2.33. The summed E-state index contributed by atoms with van der Waals surface area (Å²) in [4.78, 5) is 2.45. The highest BCUT2D eigenvalue weighted by molar-refractivity contribution is 5.70. The Kier molecular flexibility index (Phi) is 3.04. The van der Waals surface area contributed by atoms with Crippen molar-refractivity contribution in [1.29, 1.82) is 0 Å². The topological polar surface area (TPSA) is 64.5 Å². The maximum Gasteiger partial charge on any atom is 0.0779 e. The minimum atomic E-state index is 0.395. The third kappa shape index (κ3) is 2.01. The van der Waals surface area contributed by atoms with Crippen LogP contribution in [-0.2, 0) is 4.74 Å². The summed E-state index contributed by atoms with van der Waals surface area (Å²) >= 11 is 0.